The normalized spacial score (nSPS) is 11.7. The number of oxazole rings is 1. The van der Waals surface area contributed by atoms with Gasteiger partial charge in [-0.2, -0.15) is 0 Å². The van der Waals surface area contributed by atoms with Crippen LogP contribution in [-0.4, -0.2) is 30.7 Å². The average molecular weight is 256 g/mol. The Morgan fingerprint density at radius 3 is 2.72 bits per heavy atom. The second kappa shape index (κ2) is 7.68. The van der Waals surface area contributed by atoms with Gasteiger partial charge in [0, 0.05) is 13.1 Å². The lowest BCUT2D eigenvalue weighted by Gasteiger charge is -2.09. The number of guanidine groups is 1. The van der Waals surface area contributed by atoms with Gasteiger partial charge in [-0.05, 0) is 27.2 Å². The van der Waals surface area contributed by atoms with Gasteiger partial charge in [-0.25, -0.2) is 9.98 Å². The molecule has 0 radical (unpaired) electrons. The van der Waals surface area contributed by atoms with Crippen molar-refractivity contribution in [2.75, 3.05) is 19.8 Å². The zero-order valence-corrected chi connectivity index (χ0v) is 11.2. The summed E-state index contributed by atoms with van der Waals surface area (Å²) in [5.41, 5.74) is 0.885. The van der Waals surface area contributed by atoms with E-state index in [0.29, 0.717) is 31.4 Å². The molecule has 5 nitrogen and oxygen atoms in total. The van der Waals surface area contributed by atoms with E-state index in [1.807, 2.05) is 20.8 Å². The number of alkyl halides is 1. The van der Waals surface area contributed by atoms with Crippen LogP contribution in [0.1, 0.15) is 30.7 Å². The number of hydrogen-bond acceptors (Lipinski definition) is 3. The summed E-state index contributed by atoms with van der Waals surface area (Å²) < 4.78 is 17.4. The standard InChI is InChI=1S/C12H21FN4O/c1-4-14-12(15-7-5-6-13)16-8-11-17-9(2)10(3)18-11/h4-8H2,1-3H3,(H2,14,15,16). The summed E-state index contributed by atoms with van der Waals surface area (Å²) in [5, 5.41) is 6.12. The highest BCUT2D eigenvalue weighted by Crippen LogP contribution is 2.08. The van der Waals surface area contributed by atoms with Crippen molar-refractivity contribution in [3.8, 4) is 0 Å². The van der Waals surface area contributed by atoms with E-state index < -0.39 is 0 Å². The fourth-order valence-electron chi connectivity index (χ4n) is 1.37. The van der Waals surface area contributed by atoms with Crippen LogP contribution in [0.25, 0.3) is 0 Å². The Balaban J connectivity index is 2.53. The predicted octanol–water partition coefficient (Wildman–Crippen LogP) is 1.71. The molecule has 6 heteroatoms. The van der Waals surface area contributed by atoms with Gasteiger partial charge in [0.15, 0.2) is 5.96 Å². The highest BCUT2D eigenvalue weighted by Gasteiger charge is 2.05. The molecule has 0 saturated heterocycles. The van der Waals surface area contributed by atoms with Crippen LogP contribution in [0.15, 0.2) is 9.41 Å². The van der Waals surface area contributed by atoms with Crippen LogP contribution in [0.3, 0.4) is 0 Å². The number of halogens is 1. The molecule has 0 bridgehead atoms. The molecule has 0 aromatic carbocycles. The number of nitrogens with one attached hydrogen (secondary N) is 2. The summed E-state index contributed by atoms with van der Waals surface area (Å²) in [7, 11) is 0. The van der Waals surface area contributed by atoms with Gasteiger partial charge in [-0.15, -0.1) is 0 Å². The number of aliphatic imine (C=N–C) groups is 1. The van der Waals surface area contributed by atoms with E-state index in [1.54, 1.807) is 0 Å². The minimum atomic E-state index is -0.329. The number of hydrogen-bond donors (Lipinski definition) is 2. The summed E-state index contributed by atoms with van der Waals surface area (Å²) in [6, 6.07) is 0. The van der Waals surface area contributed by atoms with E-state index >= 15 is 0 Å². The molecule has 1 aromatic rings. The first-order valence-electron chi connectivity index (χ1n) is 6.18. The fourth-order valence-corrected chi connectivity index (χ4v) is 1.37. The Labute approximate surface area is 107 Å². The topological polar surface area (TPSA) is 62.5 Å². The third-order valence-electron chi connectivity index (χ3n) is 2.39. The Morgan fingerprint density at radius 1 is 1.39 bits per heavy atom. The monoisotopic (exact) mass is 256 g/mol. The Kier molecular flexibility index (Phi) is 6.18. The number of nitrogens with zero attached hydrogens (tertiary/aromatic N) is 2. The molecular formula is C12H21FN4O. The summed E-state index contributed by atoms with van der Waals surface area (Å²) in [4.78, 5) is 8.58. The lowest BCUT2D eigenvalue weighted by molar-refractivity contribution is 0.467. The number of aromatic nitrogens is 1. The third-order valence-corrected chi connectivity index (χ3v) is 2.39. The molecule has 1 rings (SSSR count). The van der Waals surface area contributed by atoms with Gasteiger partial charge in [0.1, 0.15) is 12.3 Å². The molecule has 2 N–H and O–H groups in total. The van der Waals surface area contributed by atoms with Crippen LogP contribution >= 0.6 is 0 Å². The molecule has 0 aliphatic rings. The first kappa shape index (κ1) is 14.5. The predicted molar refractivity (Wildman–Crippen MR) is 69.4 cm³/mol. The smallest absolute Gasteiger partial charge is 0.216 e. The SMILES string of the molecule is CCNC(=NCc1nc(C)c(C)o1)NCCCF. The Morgan fingerprint density at radius 2 is 2.17 bits per heavy atom. The van der Waals surface area contributed by atoms with E-state index in [0.717, 1.165) is 18.0 Å². The molecule has 18 heavy (non-hydrogen) atoms. The molecule has 0 aliphatic carbocycles. The van der Waals surface area contributed by atoms with Crippen LogP contribution < -0.4 is 10.6 Å². The molecule has 0 saturated carbocycles. The van der Waals surface area contributed by atoms with Gasteiger partial charge in [-0.1, -0.05) is 0 Å². The van der Waals surface area contributed by atoms with Gasteiger partial charge in [0.25, 0.3) is 0 Å². The van der Waals surface area contributed by atoms with E-state index in [4.69, 9.17) is 4.42 Å². The third kappa shape index (κ3) is 4.73. The quantitative estimate of drug-likeness (QED) is 0.462. The van der Waals surface area contributed by atoms with Crippen molar-refractivity contribution in [1.29, 1.82) is 0 Å². The average Bonchev–Trinajstić information content (AvgIpc) is 2.66. The van der Waals surface area contributed by atoms with Gasteiger partial charge >= 0.3 is 0 Å². The molecule has 0 atom stereocenters. The van der Waals surface area contributed by atoms with E-state index in [-0.39, 0.29) is 6.67 Å². The molecule has 1 heterocycles. The van der Waals surface area contributed by atoms with E-state index in [2.05, 4.69) is 20.6 Å². The van der Waals surface area contributed by atoms with Crippen LogP contribution in [0.5, 0.6) is 0 Å². The second-order valence-corrected chi connectivity index (χ2v) is 3.91. The summed E-state index contributed by atoms with van der Waals surface area (Å²) >= 11 is 0. The zero-order valence-electron chi connectivity index (χ0n) is 11.2. The molecule has 0 spiro atoms. The number of rotatable bonds is 6. The maximum atomic E-state index is 12.0. The van der Waals surface area contributed by atoms with Crippen LogP contribution in [0.2, 0.25) is 0 Å². The van der Waals surface area contributed by atoms with Crippen molar-refractivity contribution < 1.29 is 8.81 Å². The molecule has 0 fully saturated rings. The van der Waals surface area contributed by atoms with Gasteiger partial charge < -0.3 is 15.1 Å². The summed E-state index contributed by atoms with van der Waals surface area (Å²) in [5.74, 6) is 2.06. The van der Waals surface area contributed by atoms with Crippen molar-refractivity contribution in [1.82, 2.24) is 15.6 Å². The molecular weight excluding hydrogens is 235 g/mol. The van der Waals surface area contributed by atoms with Gasteiger partial charge in [0.05, 0.1) is 12.4 Å². The van der Waals surface area contributed by atoms with Gasteiger partial charge in [-0.3, -0.25) is 4.39 Å². The van der Waals surface area contributed by atoms with Gasteiger partial charge in [0.2, 0.25) is 5.89 Å². The van der Waals surface area contributed by atoms with Crippen molar-refractivity contribution >= 4 is 5.96 Å². The summed E-state index contributed by atoms with van der Waals surface area (Å²) in [6.45, 7) is 7.12. The molecule has 0 unspecified atom stereocenters. The van der Waals surface area contributed by atoms with E-state index in [1.165, 1.54) is 0 Å². The fraction of sp³-hybridized carbons (Fsp3) is 0.667. The van der Waals surface area contributed by atoms with E-state index in [9.17, 15) is 4.39 Å². The lowest BCUT2D eigenvalue weighted by atomic mass is 10.4. The second-order valence-electron chi connectivity index (χ2n) is 3.91. The minimum Gasteiger partial charge on any atom is -0.444 e. The highest BCUT2D eigenvalue weighted by atomic mass is 19.1. The molecule has 0 amide bonds. The molecule has 1 aromatic heterocycles. The maximum absolute atomic E-state index is 12.0. The first-order valence-corrected chi connectivity index (χ1v) is 6.18. The van der Waals surface area contributed by atoms with Crippen molar-refractivity contribution in [2.45, 2.75) is 33.7 Å². The van der Waals surface area contributed by atoms with Crippen molar-refractivity contribution in [2.24, 2.45) is 4.99 Å². The lowest BCUT2D eigenvalue weighted by Crippen LogP contribution is -2.37. The first-order chi connectivity index (χ1) is 8.67. The van der Waals surface area contributed by atoms with Crippen LogP contribution in [-0.2, 0) is 6.54 Å². The molecule has 102 valence electrons. The summed E-state index contributed by atoms with van der Waals surface area (Å²) in [6.07, 6.45) is 0.474. The maximum Gasteiger partial charge on any atom is 0.216 e. The largest absolute Gasteiger partial charge is 0.444 e. The molecule has 0 aliphatic heterocycles. The van der Waals surface area contributed by atoms with Crippen LogP contribution in [0.4, 0.5) is 4.39 Å². The number of aryl methyl sites for hydroxylation is 2. The van der Waals surface area contributed by atoms with Crippen LogP contribution in [0, 0.1) is 13.8 Å². The highest BCUT2D eigenvalue weighted by molar-refractivity contribution is 5.79. The zero-order chi connectivity index (χ0) is 13.4. The Bertz CT molecular complexity index is 370. The minimum absolute atomic E-state index is 0.329. The van der Waals surface area contributed by atoms with Crippen molar-refractivity contribution in [3.63, 3.8) is 0 Å². The van der Waals surface area contributed by atoms with Crippen molar-refractivity contribution in [3.05, 3.63) is 17.3 Å². The Hall–Kier alpha value is -1.59.